The van der Waals surface area contributed by atoms with Crippen molar-refractivity contribution in [2.24, 2.45) is 5.41 Å². The Kier molecular flexibility index (Phi) is 8.84. The average Bonchev–Trinajstić information content (AvgIpc) is 1.41. The van der Waals surface area contributed by atoms with E-state index in [4.69, 9.17) is 12.5 Å². The molecule has 14 aromatic rings. The molecule has 90 heavy (non-hydrogen) atoms. The lowest BCUT2D eigenvalue weighted by molar-refractivity contribution is -0.571. The van der Waals surface area contributed by atoms with Crippen LogP contribution in [0.15, 0.2) is 273 Å². The van der Waals surface area contributed by atoms with E-state index in [-0.39, 0.29) is 33.4 Å². The first-order chi connectivity index (χ1) is 47.9. The van der Waals surface area contributed by atoms with Crippen molar-refractivity contribution in [3.63, 3.8) is 0 Å². The van der Waals surface area contributed by atoms with Crippen molar-refractivity contribution in [2.45, 2.75) is 75.5 Å². The number of benzene rings is 11. The van der Waals surface area contributed by atoms with Gasteiger partial charge in [-0.3, -0.25) is 13.7 Å². The van der Waals surface area contributed by atoms with Crippen LogP contribution < -0.4 is 9.30 Å². The number of ether oxygens (including phenoxy) is 1. The topological polar surface area (TPSA) is 35.9 Å². The SMILES string of the molecule is [2H]c1c([2H])c([2H])c(-c2cc(-c3ccc4c(c3)C3(C)c5ccccc5C5(C)c6ccccc6C6(C)c7ccccc7C4(C)C653)cc(-c3c([2H])c([2H])c([2H])c([2H])c3[2H])c2-[n+]2[c-]n(-c3cccc(Oc4ccc5c6ccccc6n(-c6cc(C(C)(C)C)ccn6)c5c4)c3)c3ccccc32)c([2H])c1[2H]. The molecule has 1 spiro atoms. The van der Waals surface area contributed by atoms with Gasteiger partial charge in [0, 0.05) is 50.1 Å². The van der Waals surface area contributed by atoms with Crippen molar-refractivity contribution in [1.82, 2.24) is 14.1 Å². The van der Waals surface area contributed by atoms with Crippen LogP contribution in [-0.4, -0.2) is 14.1 Å². The molecule has 432 valence electrons. The number of rotatable bonds is 8. The van der Waals surface area contributed by atoms with Crippen molar-refractivity contribution in [2.75, 3.05) is 0 Å². The molecular weight excluding hydrogens is 1090 g/mol. The summed E-state index contributed by atoms with van der Waals surface area (Å²) in [5, 5.41) is 2.12. The molecule has 5 unspecified atom stereocenters. The number of fused-ring (bicyclic) bond motifs is 16. The number of pyridine rings is 1. The molecule has 0 saturated carbocycles. The number of nitrogens with zero attached hydrogens (tertiary/aromatic N) is 4. The summed E-state index contributed by atoms with van der Waals surface area (Å²) >= 11 is 0. The van der Waals surface area contributed by atoms with E-state index in [2.05, 4.69) is 181 Å². The van der Waals surface area contributed by atoms with Gasteiger partial charge in [-0.2, -0.15) is 0 Å². The normalized spacial score (nSPS) is 23.1. The fourth-order valence-electron chi connectivity index (χ4n) is 18.5. The summed E-state index contributed by atoms with van der Waals surface area (Å²) in [7, 11) is 0. The highest BCUT2D eigenvalue weighted by Gasteiger charge is 2.89. The summed E-state index contributed by atoms with van der Waals surface area (Å²) in [5.74, 6) is 1.88. The smallest absolute Gasteiger partial charge is 0.269 e. The average molecular weight is 1170 g/mol. The molecule has 3 aromatic heterocycles. The predicted octanol–water partition coefficient (Wildman–Crippen LogP) is 19.9. The lowest BCUT2D eigenvalue weighted by Gasteiger charge is -2.57. The molecule has 0 aliphatic heterocycles. The molecule has 0 radical (unpaired) electrons. The fraction of sp³-hybridized carbons (Fsp3) is 0.153. The summed E-state index contributed by atoms with van der Waals surface area (Å²) in [5.41, 5.74) is 13.4. The zero-order valence-corrected chi connectivity index (χ0v) is 50.9. The second-order valence-electron chi connectivity index (χ2n) is 26.6. The van der Waals surface area contributed by atoms with Crippen LogP contribution in [0.4, 0.5) is 0 Å². The predicted molar refractivity (Wildman–Crippen MR) is 365 cm³/mol. The molecule has 4 aliphatic carbocycles. The van der Waals surface area contributed by atoms with Gasteiger partial charge in [0.15, 0.2) is 0 Å². The van der Waals surface area contributed by atoms with Gasteiger partial charge in [0.1, 0.15) is 17.3 Å². The molecule has 0 fully saturated rings. The maximum Gasteiger partial charge on any atom is 0.269 e. The van der Waals surface area contributed by atoms with E-state index < -0.39 is 87.5 Å². The highest BCUT2D eigenvalue weighted by Crippen LogP contribution is 2.90. The number of aromatic nitrogens is 4. The molecular formula is C85H66N4O. The van der Waals surface area contributed by atoms with Gasteiger partial charge < -0.3 is 4.74 Å². The van der Waals surface area contributed by atoms with Crippen LogP contribution >= 0.6 is 0 Å². The third-order valence-electron chi connectivity index (χ3n) is 21.7. The van der Waals surface area contributed by atoms with Crippen LogP contribution in [0.5, 0.6) is 11.5 Å². The first kappa shape index (κ1) is 43.3. The highest BCUT2D eigenvalue weighted by molar-refractivity contribution is 6.09. The molecule has 11 aromatic carbocycles. The maximum absolute atomic E-state index is 9.83. The van der Waals surface area contributed by atoms with Gasteiger partial charge in [-0.1, -0.05) is 242 Å². The van der Waals surface area contributed by atoms with E-state index >= 15 is 0 Å². The molecule has 4 aliphatic rings. The molecule has 0 amide bonds. The summed E-state index contributed by atoms with van der Waals surface area (Å²) in [6.07, 6.45) is 5.49. The first-order valence-electron chi connectivity index (χ1n) is 35.9. The lowest BCUT2D eigenvalue weighted by atomic mass is 9.43. The van der Waals surface area contributed by atoms with Crippen molar-refractivity contribution in [3.05, 3.63) is 329 Å². The third kappa shape index (κ3) is 6.51. The molecule has 18 rings (SSSR count). The Balaban J connectivity index is 0.867. The number of hydrogen-bond donors (Lipinski definition) is 0. The minimum atomic E-state index is -0.669. The van der Waals surface area contributed by atoms with E-state index in [9.17, 15) is 11.0 Å². The summed E-state index contributed by atoms with van der Waals surface area (Å²) in [6.45, 7) is 16.4. The van der Waals surface area contributed by atoms with Crippen molar-refractivity contribution in [3.8, 4) is 62.1 Å². The van der Waals surface area contributed by atoms with E-state index in [1.807, 2.05) is 95.7 Å². The van der Waals surface area contributed by atoms with Crippen molar-refractivity contribution < 1.29 is 23.0 Å². The van der Waals surface area contributed by atoms with Gasteiger partial charge in [-0.05, 0) is 156 Å². The van der Waals surface area contributed by atoms with Crippen LogP contribution in [0, 0.1) is 11.7 Å². The number of hydrogen-bond acceptors (Lipinski definition) is 2. The zero-order chi connectivity index (χ0) is 69.4. The number of para-hydroxylation sites is 3. The maximum atomic E-state index is 9.83. The monoisotopic (exact) mass is 1170 g/mol. The van der Waals surface area contributed by atoms with E-state index in [1.165, 1.54) is 38.9 Å². The second kappa shape index (κ2) is 18.4. The highest BCUT2D eigenvalue weighted by atomic mass is 16.5. The van der Waals surface area contributed by atoms with Gasteiger partial charge in [0.2, 0.25) is 0 Å². The van der Waals surface area contributed by atoms with Gasteiger partial charge in [0.05, 0.1) is 47.1 Å². The summed E-state index contributed by atoms with van der Waals surface area (Å²) in [6, 6.07) is 65.6. The van der Waals surface area contributed by atoms with Crippen LogP contribution in [-0.2, 0) is 27.1 Å². The van der Waals surface area contributed by atoms with Crippen LogP contribution in [0.2, 0.25) is 0 Å². The standard InChI is InChI=1S/C85H66N4O/c1-80(2,3)58-45-46-86-78(50-58)89-74-38-21-14-31-62(74)63-43-42-61(52-77(63)89)90-60-30-24-29-59(51-60)87-53-88(76-40-23-22-39-75(76)87)79-64(54-25-10-8-11-26-54)47-57(48-65(79)55-27-12-9-13-28-55)56-41-44-72-73(49-56)84(7)71-37-20-19-36-70(71)82(5)67-33-16-15-32-66(67)81(4)68-34-17-18-35-69(68)83(72,6)85(81,82)84/h8-52H,1-7H3/i8D,9D,10D,11D,12D,13D,25D,26D,27D,28D. The van der Waals surface area contributed by atoms with Gasteiger partial charge in [-0.25, -0.2) is 4.98 Å². The van der Waals surface area contributed by atoms with Gasteiger partial charge in [-0.15, -0.1) is 0 Å². The molecule has 3 heterocycles. The number of imidazole rings is 1. The molecule has 0 saturated heterocycles. The zero-order valence-electron chi connectivity index (χ0n) is 60.9. The van der Waals surface area contributed by atoms with Gasteiger partial charge in [0.25, 0.3) is 6.33 Å². The van der Waals surface area contributed by atoms with E-state index in [0.717, 1.165) is 38.8 Å². The van der Waals surface area contributed by atoms with Crippen LogP contribution in [0.3, 0.4) is 0 Å². The summed E-state index contributed by atoms with van der Waals surface area (Å²) in [4.78, 5) is 4.90. The Hall–Kier alpha value is -10.4. The summed E-state index contributed by atoms with van der Waals surface area (Å²) < 4.78 is 107. The minimum absolute atomic E-state index is 0.113. The molecule has 5 nitrogen and oxygen atoms in total. The Morgan fingerprint density at radius 1 is 0.444 bits per heavy atom. The largest absolute Gasteiger partial charge is 0.458 e. The Labute approximate surface area is 539 Å². The van der Waals surface area contributed by atoms with Crippen molar-refractivity contribution >= 4 is 32.8 Å². The Morgan fingerprint density at radius 2 is 0.967 bits per heavy atom. The fourth-order valence-corrected chi connectivity index (χ4v) is 18.5. The van der Waals surface area contributed by atoms with E-state index in [0.29, 0.717) is 39.3 Å². The Morgan fingerprint density at radius 3 is 1.57 bits per heavy atom. The molecule has 5 atom stereocenters. The minimum Gasteiger partial charge on any atom is -0.458 e. The molecule has 5 heteroatoms. The third-order valence-corrected chi connectivity index (χ3v) is 21.7. The van der Waals surface area contributed by atoms with Crippen LogP contribution in [0.25, 0.3) is 83.4 Å². The van der Waals surface area contributed by atoms with Crippen LogP contribution in [0.1, 0.15) is 112 Å². The molecule has 0 bridgehead atoms. The van der Waals surface area contributed by atoms with E-state index in [1.54, 1.807) is 4.57 Å². The van der Waals surface area contributed by atoms with Gasteiger partial charge >= 0.3 is 0 Å². The second-order valence-corrected chi connectivity index (χ2v) is 26.6. The first-order valence-corrected chi connectivity index (χ1v) is 30.9. The lowest BCUT2D eigenvalue weighted by Crippen LogP contribution is -2.60. The molecule has 0 N–H and O–H groups in total. The quantitative estimate of drug-likeness (QED) is 0.112. The van der Waals surface area contributed by atoms with Crippen molar-refractivity contribution in [1.29, 1.82) is 0 Å². The Bertz CT molecular complexity index is 5820.